The summed E-state index contributed by atoms with van der Waals surface area (Å²) < 4.78 is 0. The maximum absolute atomic E-state index is 6.13. The van der Waals surface area contributed by atoms with Crippen LogP contribution in [0.2, 0.25) is 0 Å². The number of benzene rings is 2. The smallest absolute Gasteiger partial charge is 0.0726 e. The summed E-state index contributed by atoms with van der Waals surface area (Å²) in [5.74, 6) is 0. The highest BCUT2D eigenvalue weighted by atomic mass is 15.1. The molecule has 2 aromatic carbocycles. The van der Waals surface area contributed by atoms with Crippen molar-refractivity contribution in [3.63, 3.8) is 0 Å². The molecule has 21 heavy (non-hydrogen) atoms. The molecule has 3 aromatic rings. The Morgan fingerprint density at radius 3 is 2.52 bits per heavy atom. The summed E-state index contributed by atoms with van der Waals surface area (Å²) in [6, 6.07) is 18.4. The van der Waals surface area contributed by atoms with E-state index < -0.39 is 0 Å². The second-order valence-corrected chi connectivity index (χ2v) is 5.41. The minimum atomic E-state index is 0.734. The predicted octanol–water partition coefficient (Wildman–Crippen LogP) is 3.76. The summed E-state index contributed by atoms with van der Waals surface area (Å²) in [6.07, 6.45) is 0. The number of fused-ring (bicyclic) bond motifs is 1. The molecular formula is C18H19N3. The molecule has 1 aromatic heterocycles. The Hall–Kier alpha value is -2.55. The normalized spacial score (nSPS) is 10.8. The van der Waals surface area contributed by atoms with Crippen LogP contribution in [0, 0.1) is 6.92 Å². The number of hydrogen-bond acceptors (Lipinski definition) is 3. The number of nitrogens with two attached hydrogens (primary N) is 1. The van der Waals surface area contributed by atoms with E-state index in [9.17, 15) is 0 Å². The van der Waals surface area contributed by atoms with E-state index in [4.69, 9.17) is 10.7 Å². The van der Waals surface area contributed by atoms with Gasteiger partial charge in [0.1, 0.15) is 0 Å². The number of aromatic nitrogens is 1. The first-order chi connectivity index (χ1) is 10.1. The average molecular weight is 277 g/mol. The van der Waals surface area contributed by atoms with Crippen LogP contribution in [0.1, 0.15) is 11.3 Å². The second kappa shape index (κ2) is 5.44. The highest BCUT2D eigenvalue weighted by molar-refractivity contribution is 5.90. The van der Waals surface area contributed by atoms with Gasteiger partial charge in [0.25, 0.3) is 0 Å². The molecule has 0 spiro atoms. The van der Waals surface area contributed by atoms with Gasteiger partial charge < -0.3 is 10.6 Å². The highest BCUT2D eigenvalue weighted by Crippen LogP contribution is 2.22. The van der Waals surface area contributed by atoms with Crippen LogP contribution in [0.5, 0.6) is 0 Å². The van der Waals surface area contributed by atoms with E-state index in [0.29, 0.717) is 0 Å². The molecule has 3 rings (SSSR count). The van der Waals surface area contributed by atoms with Crippen LogP contribution in [0.25, 0.3) is 10.9 Å². The van der Waals surface area contributed by atoms with Crippen molar-refractivity contribution in [2.45, 2.75) is 13.5 Å². The lowest BCUT2D eigenvalue weighted by Crippen LogP contribution is -2.17. The lowest BCUT2D eigenvalue weighted by atomic mass is 10.1. The van der Waals surface area contributed by atoms with Gasteiger partial charge in [-0.05, 0) is 31.2 Å². The number of hydrogen-bond donors (Lipinski definition) is 1. The third-order valence-electron chi connectivity index (χ3n) is 3.68. The van der Waals surface area contributed by atoms with Crippen molar-refractivity contribution in [3.05, 3.63) is 65.9 Å². The van der Waals surface area contributed by atoms with Gasteiger partial charge in [-0.15, -0.1) is 0 Å². The molecule has 0 unspecified atom stereocenters. The van der Waals surface area contributed by atoms with Crippen LogP contribution in [0.3, 0.4) is 0 Å². The third kappa shape index (κ3) is 2.82. The molecule has 0 saturated carbocycles. The van der Waals surface area contributed by atoms with Crippen molar-refractivity contribution in [2.24, 2.45) is 0 Å². The monoisotopic (exact) mass is 277 g/mol. The Morgan fingerprint density at radius 1 is 1.05 bits per heavy atom. The van der Waals surface area contributed by atoms with Crippen LogP contribution in [-0.4, -0.2) is 12.0 Å². The van der Waals surface area contributed by atoms with Crippen LogP contribution < -0.4 is 10.6 Å². The summed E-state index contributed by atoms with van der Waals surface area (Å²) in [7, 11) is 2.07. The first kappa shape index (κ1) is 13.4. The van der Waals surface area contributed by atoms with Gasteiger partial charge in [-0.25, -0.2) is 0 Å². The molecule has 0 fully saturated rings. The van der Waals surface area contributed by atoms with E-state index in [-0.39, 0.29) is 0 Å². The average Bonchev–Trinajstić information content (AvgIpc) is 2.48. The number of aryl methyl sites for hydroxylation is 1. The van der Waals surface area contributed by atoms with Crippen LogP contribution in [0.15, 0.2) is 54.6 Å². The molecular weight excluding hydrogens is 258 g/mol. The SMILES string of the molecule is Cc1ccc(N(C)Cc2cc(N)c3ccccc3n2)cc1. The number of para-hydroxylation sites is 1. The summed E-state index contributed by atoms with van der Waals surface area (Å²) in [5.41, 5.74) is 11.3. The number of pyridine rings is 1. The fraction of sp³-hybridized carbons (Fsp3) is 0.167. The van der Waals surface area contributed by atoms with Crippen molar-refractivity contribution < 1.29 is 0 Å². The van der Waals surface area contributed by atoms with Crippen molar-refractivity contribution >= 4 is 22.3 Å². The van der Waals surface area contributed by atoms with Crippen molar-refractivity contribution in [1.29, 1.82) is 0 Å². The van der Waals surface area contributed by atoms with E-state index in [2.05, 4.69) is 43.1 Å². The van der Waals surface area contributed by atoms with Gasteiger partial charge in [-0.3, -0.25) is 4.98 Å². The molecule has 0 atom stereocenters. The Morgan fingerprint density at radius 2 is 1.76 bits per heavy atom. The number of rotatable bonds is 3. The first-order valence-electron chi connectivity index (χ1n) is 7.05. The fourth-order valence-electron chi connectivity index (χ4n) is 2.47. The molecule has 0 aliphatic carbocycles. The van der Waals surface area contributed by atoms with E-state index in [1.807, 2.05) is 30.3 Å². The lowest BCUT2D eigenvalue weighted by Gasteiger charge is -2.19. The van der Waals surface area contributed by atoms with Crippen LogP contribution in [0.4, 0.5) is 11.4 Å². The summed E-state index contributed by atoms with van der Waals surface area (Å²) in [5, 5.41) is 1.01. The quantitative estimate of drug-likeness (QED) is 0.792. The van der Waals surface area contributed by atoms with Crippen molar-refractivity contribution in [1.82, 2.24) is 4.98 Å². The van der Waals surface area contributed by atoms with E-state index in [0.717, 1.165) is 28.8 Å². The summed E-state index contributed by atoms with van der Waals surface area (Å²) >= 11 is 0. The molecule has 0 saturated heterocycles. The molecule has 0 amide bonds. The third-order valence-corrected chi connectivity index (χ3v) is 3.68. The van der Waals surface area contributed by atoms with Gasteiger partial charge in [0.15, 0.2) is 0 Å². The van der Waals surface area contributed by atoms with Gasteiger partial charge in [0, 0.05) is 23.8 Å². The molecule has 1 heterocycles. The maximum Gasteiger partial charge on any atom is 0.0726 e. The number of nitrogen functional groups attached to an aromatic ring is 1. The maximum atomic E-state index is 6.13. The zero-order valence-corrected chi connectivity index (χ0v) is 12.4. The number of nitrogens with zero attached hydrogens (tertiary/aromatic N) is 2. The Balaban J connectivity index is 1.89. The van der Waals surface area contributed by atoms with E-state index in [1.165, 1.54) is 11.3 Å². The molecule has 0 bridgehead atoms. The second-order valence-electron chi connectivity index (χ2n) is 5.41. The van der Waals surface area contributed by atoms with E-state index in [1.54, 1.807) is 0 Å². The van der Waals surface area contributed by atoms with Crippen molar-refractivity contribution in [2.75, 3.05) is 17.7 Å². The summed E-state index contributed by atoms with van der Waals surface area (Å²) in [4.78, 5) is 6.87. The lowest BCUT2D eigenvalue weighted by molar-refractivity contribution is 0.892. The van der Waals surface area contributed by atoms with Gasteiger partial charge in [-0.1, -0.05) is 35.9 Å². The van der Waals surface area contributed by atoms with Crippen LogP contribution in [-0.2, 0) is 6.54 Å². The zero-order chi connectivity index (χ0) is 14.8. The van der Waals surface area contributed by atoms with Crippen LogP contribution >= 0.6 is 0 Å². The van der Waals surface area contributed by atoms with Gasteiger partial charge in [0.2, 0.25) is 0 Å². The topological polar surface area (TPSA) is 42.1 Å². The Kier molecular flexibility index (Phi) is 3.48. The molecule has 0 radical (unpaired) electrons. The zero-order valence-electron chi connectivity index (χ0n) is 12.4. The number of anilines is 2. The first-order valence-corrected chi connectivity index (χ1v) is 7.05. The largest absolute Gasteiger partial charge is 0.398 e. The summed E-state index contributed by atoms with van der Waals surface area (Å²) in [6.45, 7) is 2.83. The Labute approximate surface area is 125 Å². The molecule has 0 aliphatic rings. The highest BCUT2D eigenvalue weighted by Gasteiger charge is 2.06. The molecule has 3 heteroatoms. The van der Waals surface area contributed by atoms with Gasteiger partial charge in [0.05, 0.1) is 17.8 Å². The molecule has 0 aliphatic heterocycles. The predicted molar refractivity (Wildman–Crippen MR) is 89.4 cm³/mol. The fourth-order valence-corrected chi connectivity index (χ4v) is 2.47. The minimum absolute atomic E-state index is 0.734. The molecule has 106 valence electrons. The standard InChI is InChI=1S/C18H19N3/c1-13-7-9-15(10-8-13)21(2)12-14-11-17(19)16-5-3-4-6-18(16)20-14/h3-11H,12H2,1-2H3,(H2,19,20). The molecule has 3 nitrogen and oxygen atoms in total. The van der Waals surface area contributed by atoms with Gasteiger partial charge >= 0.3 is 0 Å². The van der Waals surface area contributed by atoms with E-state index >= 15 is 0 Å². The van der Waals surface area contributed by atoms with Gasteiger partial charge in [-0.2, -0.15) is 0 Å². The molecule has 2 N–H and O–H groups in total. The van der Waals surface area contributed by atoms with Crippen molar-refractivity contribution in [3.8, 4) is 0 Å². The minimum Gasteiger partial charge on any atom is -0.398 e. The Bertz CT molecular complexity index is 763.